The molecule has 2 aromatic rings. The summed E-state index contributed by atoms with van der Waals surface area (Å²) in [4.78, 5) is 24.8. The molecule has 0 heterocycles. The lowest BCUT2D eigenvalue weighted by Gasteiger charge is -2.16. The van der Waals surface area contributed by atoms with E-state index in [0.717, 1.165) is 9.20 Å². The fraction of sp³-hybridized carbons (Fsp3) is 0.300. The van der Waals surface area contributed by atoms with Crippen LogP contribution < -0.4 is 5.32 Å². The molecule has 0 aliphatic heterocycles. The van der Waals surface area contributed by atoms with Gasteiger partial charge in [-0.05, 0) is 43.3 Å². The highest BCUT2D eigenvalue weighted by Gasteiger charge is 2.23. The third-order valence-electron chi connectivity index (χ3n) is 3.95. The number of nitrogens with one attached hydrogen (secondary N) is 1. The third kappa shape index (κ3) is 7.64. The van der Waals surface area contributed by atoms with Gasteiger partial charge in [0.2, 0.25) is 10.0 Å². The molecule has 0 aliphatic carbocycles. The summed E-state index contributed by atoms with van der Waals surface area (Å²) in [5, 5.41) is 3.06. The molecule has 0 bridgehead atoms. The molecule has 0 radical (unpaired) electrons. The monoisotopic (exact) mass is 470 g/mol. The van der Waals surface area contributed by atoms with Crippen molar-refractivity contribution >= 4 is 45.3 Å². The van der Waals surface area contributed by atoms with Gasteiger partial charge < -0.3 is 10.1 Å². The number of halogens is 1. The van der Waals surface area contributed by atoms with E-state index in [9.17, 15) is 18.0 Å². The van der Waals surface area contributed by atoms with Crippen LogP contribution in [-0.2, 0) is 24.3 Å². The van der Waals surface area contributed by atoms with Crippen molar-refractivity contribution in [2.75, 3.05) is 32.5 Å². The second kappa shape index (κ2) is 11.4. The van der Waals surface area contributed by atoms with E-state index < -0.39 is 35.1 Å². The fourth-order valence-corrected chi connectivity index (χ4v) is 4.30. The summed E-state index contributed by atoms with van der Waals surface area (Å²) in [5.41, 5.74) is 1.18. The van der Waals surface area contributed by atoms with Crippen molar-refractivity contribution in [1.29, 1.82) is 0 Å². The number of carbonyl (C=O) groups is 2. The number of hydrogen-bond donors (Lipinski definition) is 1. The maximum absolute atomic E-state index is 12.4. The number of ether oxygens (including phenoxy) is 1. The maximum atomic E-state index is 12.4. The molecule has 0 aliphatic rings. The summed E-state index contributed by atoms with van der Waals surface area (Å²) in [6.07, 6.45) is 0. The van der Waals surface area contributed by atoms with Crippen LogP contribution in [0, 0.1) is 6.92 Å². The van der Waals surface area contributed by atoms with Gasteiger partial charge in [-0.2, -0.15) is 4.31 Å². The van der Waals surface area contributed by atoms with Gasteiger partial charge >= 0.3 is 5.97 Å². The lowest BCUT2D eigenvalue weighted by molar-refractivity contribution is -0.148. The molecule has 7 nitrogen and oxygen atoms in total. The van der Waals surface area contributed by atoms with Crippen molar-refractivity contribution < 1.29 is 22.7 Å². The third-order valence-corrected chi connectivity index (χ3v) is 7.04. The van der Waals surface area contributed by atoms with Crippen LogP contribution in [0.15, 0.2) is 58.3 Å². The van der Waals surface area contributed by atoms with Crippen LogP contribution in [0.3, 0.4) is 0 Å². The van der Waals surface area contributed by atoms with Crippen molar-refractivity contribution in [1.82, 2.24) is 9.62 Å². The van der Waals surface area contributed by atoms with Crippen LogP contribution in [-0.4, -0.2) is 57.1 Å². The van der Waals surface area contributed by atoms with Gasteiger partial charge in [-0.1, -0.05) is 29.3 Å². The summed E-state index contributed by atoms with van der Waals surface area (Å²) >= 11 is 7.36. The van der Waals surface area contributed by atoms with Crippen LogP contribution in [0.2, 0.25) is 5.02 Å². The SMILES string of the molecule is Cc1ccc(SCCNC(=O)COC(=O)CN(C)S(=O)(=O)c2ccc(Cl)cc2)cc1. The normalized spacial score (nSPS) is 11.3. The Hall–Kier alpha value is -2.07. The van der Waals surface area contributed by atoms with Gasteiger partial charge in [-0.3, -0.25) is 9.59 Å². The number of thioether (sulfide) groups is 1. The highest BCUT2D eigenvalue weighted by Crippen LogP contribution is 2.18. The van der Waals surface area contributed by atoms with E-state index >= 15 is 0 Å². The van der Waals surface area contributed by atoms with Gasteiger partial charge in [0.25, 0.3) is 5.91 Å². The second-order valence-corrected chi connectivity index (χ2v) is 10.0. The zero-order valence-corrected chi connectivity index (χ0v) is 19.0. The van der Waals surface area contributed by atoms with E-state index in [4.69, 9.17) is 16.3 Å². The smallest absolute Gasteiger partial charge is 0.321 e. The standard InChI is InChI=1S/C20H23ClN2O5S2/c1-15-3-7-17(8-4-15)29-12-11-22-19(24)14-28-20(25)13-23(2)30(26,27)18-9-5-16(21)6-10-18/h3-10H,11-14H2,1-2H3,(H,22,24). The van der Waals surface area contributed by atoms with Gasteiger partial charge in [0.05, 0.1) is 4.90 Å². The summed E-state index contributed by atoms with van der Waals surface area (Å²) in [6, 6.07) is 13.7. The first kappa shape index (κ1) is 24.2. The number of hydrogen-bond acceptors (Lipinski definition) is 6. The number of amides is 1. The van der Waals surface area contributed by atoms with Gasteiger partial charge in [-0.15, -0.1) is 11.8 Å². The van der Waals surface area contributed by atoms with Crippen LogP contribution in [0.4, 0.5) is 0 Å². The van der Waals surface area contributed by atoms with E-state index in [-0.39, 0.29) is 4.90 Å². The average Bonchev–Trinajstić information content (AvgIpc) is 2.71. The van der Waals surface area contributed by atoms with Crippen LogP contribution in [0.1, 0.15) is 5.56 Å². The predicted molar refractivity (Wildman–Crippen MR) is 117 cm³/mol. The van der Waals surface area contributed by atoms with Crippen molar-refractivity contribution in [2.24, 2.45) is 0 Å². The maximum Gasteiger partial charge on any atom is 0.321 e. The minimum Gasteiger partial charge on any atom is -0.455 e. The number of rotatable bonds is 10. The lowest BCUT2D eigenvalue weighted by Crippen LogP contribution is -2.35. The molecule has 1 N–H and O–H groups in total. The first-order valence-electron chi connectivity index (χ1n) is 9.02. The van der Waals surface area contributed by atoms with E-state index in [1.54, 1.807) is 11.8 Å². The van der Waals surface area contributed by atoms with Gasteiger partial charge in [-0.25, -0.2) is 8.42 Å². The molecular weight excluding hydrogens is 448 g/mol. The van der Waals surface area contributed by atoms with E-state index in [1.807, 2.05) is 31.2 Å². The Morgan fingerprint density at radius 1 is 1.10 bits per heavy atom. The van der Waals surface area contributed by atoms with E-state index in [2.05, 4.69) is 5.32 Å². The van der Waals surface area contributed by atoms with Crippen molar-refractivity contribution in [3.8, 4) is 0 Å². The number of nitrogens with zero attached hydrogens (tertiary/aromatic N) is 1. The topological polar surface area (TPSA) is 92.8 Å². The molecule has 2 aromatic carbocycles. The summed E-state index contributed by atoms with van der Waals surface area (Å²) in [5.74, 6) is -0.597. The molecule has 2 rings (SSSR count). The Balaban J connectivity index is 1.69. The molecule has 10 heteroatoms. The molecule has 0 saturated heterocycles. The number of likely N-dealkylation sites (N-methyl/N-ethyl adjacent to an activating group) is 1. The number of aryl methyl sites for hydroxylation is 1. The van der Waals surface area contributed by atoms with Crippen molar-refractivity contribution in [3.63, 3.8) is 0 Å². The summed E-state index contributed by atoms with van der Waals surface area (Å²) in [7, 11) is -2.61. The van der Waals surface area contributed by atoms with Crippen molar-refractivity contribution in [2.45, 2.75) is 16.7 Å². The highest BCUT2D eigenvalue weighted by molar-refractivity contribution is 7.99. The second-order valence-electron chi connectivity index (χ2n) is 6.39. The summed E-state index contributed by atoms with van der Waals surface area (Å²) in [6.45, 7) is 1.45. The largest absolute Gasteiger partial charge is 0.455 e. The average molecular weight is 471 g/mol. The Labute approximate surface area is 185 Å². The zero-order chi connectivity index (χ0) is 22.1. The van der Waals surface area contributed by atoms with Crippen molar-refractivity contribution in [3.05, 3.63) is 59.1 Å². The Morgan fingerprint density at radius 2 is 1.73 bits per heavy atom. The molecule has 0 fully saturated rings. The Morgan fingerprint density at radius 3 is 2.37 bits per heavy atom. The highest BCUT2D eigenvalue weighted by atomic mass is 35.5. The molecule has 0 spiro atoms. The molecule has 0 aromatic heterocycles. The first-order valence-corrected chi connectivity index (χ1v) is 11.8. The zero-order valence-electron chi connectivity index (χ0n) is 16.6. The van der Waals surface area contributed by atoms with Gasteiger partial charge in [0.15, 0.2) is 6.61 Å². The van der Waals surface area contributed by atoms with Crippen LogP contribution >= 0.6 is 23.4 Å². The molecule has 1 amide bonds. The Kier molecular flexibility index (Phi) is 9.16. The van der Waals surface area contributed by atoms with Crippen LogP contribution in [0.5, 0.6) is 0 Å². The summed E-state index contributed by atoms with van der Waals surface area (Å²) < 4.78 is 30.6. The lowest BCUT2D eigenvalue weighted by atomic mass is 10.2. The van der Waals surface area contributed by atoms with E-state index in [0.29, 0.717) is 17.3 Å². The minimum absolute atomic E-state index is 0.00557. The molecule has 30 heavy (non-hydrogen) atoms. The van der Waals surface area contributed by atoms with Gasteiger partial charge in [0.1, 0.15) is 6.54 Å². The first-order chi connectivity index (χ1) is 14.2. The number of carbonyl (C=O) groups excluding carboxylic acids is 2. The number of benzene rings is 2. The van der Waals surface area contributed by atoms with E-state index in [1.165, 1.54) is 36.9 Å². The number of esters is 1. The molecular formula is C20H23ClN2O5S2. The molecule has 0 saturated carbocycles. The minimum atomic E-state index is -3.87. The predicted octanol–water partition coefficient (Wildman–Crippen LogP) is 2.72. The Bertz CT molecular complexity index is 964. The fourth-order valence-electron chi connectivity index (χ4n) is 2.29. The molecule has 0 atom stereocenters. The quantitative estimate of drug-likeness (QED) is 0.326. The molecule has 0 unspecified atom stereocenters. The number of sulfonamides is 1. The molecule has 162 valence electrons. The van der Waals surface area contributed by atoms with Crippen LogP contribution in [0.25, 0.3) is 0 Å². The van der Waals surface area contributed by atoms with Gasteiger partial charge in [0, 0.05) is 29.3 Å².